The average molecular weight is 262 g/mol. The van der Waals surface area contributed by atoms with E-state index in [1.807, 2.05) is 13.8 Å². The standard InChI is InChI=1S/C14H15FN2O2/c1-3-6-17-8-13(9(2)16-17)11-5-4-10(15)7-12(11)14(18)19/h4-5,7-8H,3,6H2,1-2H3,(H,18,19). The third-order valence-corrected chi connectivity index (χ3v) is 2.90. The molecule has 0 amide bonds. The Kier molecular flexibility index (Phi) is 3.64. The molecule has 0 spiro atoms. The zero-order valence-corrected chi connectivity index (χ0v) is 10.9. The van der Waals surface area contributed by atoms with Crippen molar-refractivity contribution < 1.29 is 14.3 Å². The largest absolute Gasteiger partial charge is 0.478 e. The van der Waals surface area contributed by atoms with Crippen molar-refractivity contribution in [1.29, 1.82) is 0 Å². The maximum Gasteiger partial charge on any atom is 0.336 e. The fourth-order valence-corrected chi connectivity index (χ4v) is 2.05. The fourth-order valence-electron chi connectivity index (χ4n) is 2.05. The van der Waals surface area contributed by atoms with E-state index in [9.17, 15) is 9.18 Å². The highest BCUT2D eigenvalue weighted by molar-refractivity contribution is 5.96. The zero-order valence-electron chi connectivity index (χ0n) is 10.9. The molecule has 1 heterocycles. The lowest BCUT2D eigenvalue weighted by Crippen LogP contribution is -2.00. The van der Waals surface area contributed by atoms with E-state index in [1.165, 1.54) is 12.1 Å². The summed E-state index contributed by atoms with van der Waals surface area (Å²) in [6.45, 7) is 4.62. The monoisotopic (exact) mass is 262 g/mol. The molecule has 0 aliphatic rings. The SMILES string of the molecule is CCCn1cc(-c2ccc(F)cc2C(=O)O)c(C)n1. The topological polar surface area (TPSA) is 55.1 Å². The van der Waals surface area contributed by atoms with Gasteiger partial charge in [0.25, 0.3) is 0 Å². The molecule has 0 saturated carbocycles. The van der Waals surface area contributed by atoms with Crippen molar-refractivity contribution in [2.24, 2.45) is 0 Å². The Hall–Kier alpha value is -2.17. The number of rotatable bonds is 4. The summed E-state index contributed by atoms with van der Waals surface area (Å²) in [6.07, 6.45) is 2.74. The highest BCUT2D eigenvalue weighted by atomic mass is 19.1. The van der Waals surface area contributed by atoms with Gasteiger partial charge in [0.15, 0.2) is 0 Å². The quantitative estimate of drug-likeness (QED) is 0.921. The lowest BCUT2D eigenvalue weighted by Gasteiger charge is -2.04. The van der Waals surface area contributed by atoms with Gasteiger partial charge in [-0.25, -0.2) is 9.18 Å². The number of carbonyl (C=O) groups is 1. The van der Waals surface area contributed by atoms with Crippen LogP contribution in [0.1, 0.15) is 29.4 Å². The van der Waals surface area contributed by atoms with Gasteiger partial charge in [-0.15, -0.1) is 0 Å². The molecule has 1 aromatic carbocycles. The number of halogens is 1. The highest BCUT2D eigenvalue weighted by Gasteiger charge is 2.16. The van der Waals surface area contributed by atoms with E-state index in [4.69, 9.17) is 5.11 Å². The Balaban J connectivity index is 2.55. The fraction of sp³-hybridized carbons (Fsp3) is 0.286. The van der Waals surface area contributed by atoms with Crippen molar-refractivity contribution in [2.75, 3.05) is 0 Å². The van der Waals surface area contributed by atoms with Crippen molar-refractivity contribution in [2.45, 2.75) is 26.8 Å². The second-order valence-electron chi connectivity index (χ2n) is 4.39. The van der Waals surface area contributed by atoms with Crippen LogP contribution in [-0.4, -0.2) is 20.9 Å². The van der Waals surface area contributed by atoms with Crippen molar-refractivity contribution >= 4 is 5.97 Å². The summed E-state index contributed by atoms with van der Waals surface area (Å²) < 4.78 is 14.9. The predicted octanol–water partition coefficient (Wildman–Crippen LogP) is 3.11. The summed E-state index contributed by atoms with van der Waals surface area (Å²) in [4.78, 5) is 11.2. The van der Waals surface area contributed by atoms with E-state index < -0.39 is 11.8 Å². The minimum atomic E-state index is -1.14. The molecule has 0 atom stereocenters. The molecule has 0 fully saturated rings. The van der Waals surface area contributed by atoms with Crippen LogP contribution in [0.4, 0.5) is 4.39 Å². The maximum atomic E-state index is 13.2. The number of carboxylic acid groups (broad SMARTS) is 1. The Morgan fingerprint density at radius 3 is 2.79 bits per heavy atom. The molecule has 2 rings (SSSR count). The van der Waals surface area contributed by atoms with Gasteiger partial charge in [-0.3, -0.25) is 4.68 Å². The Bertz CT molecular complexity index is 620. The van der Waals surface area contributed by atoms with Gasteiger partial charge in [0.05, 0.1) is 11.3 Å². The molecule has 0 saturated heterocycles. The molecule has 4 nitrogen and oxygen atoms in total. The Morgan fingerprint density at radius 1 is 1.42 bits per heavy atom. The summed E-state index contributed by atoms with van der Waals surface area (Å²) in [5.41, 5.74) is 1.92. The minimum Gasteiger partial charge on any atom is -0.478 e. The first-order chi connectivity index (χ1) is 9.02. The smallest absolute Gasteiger partial charge is 0.336 e. The summed E-state index contributed by atoms with van der Waals surface area (Å²) in [5.74, 6) is -1.70. The normalized spacial score (nSPS) is 10.7. The van der Waals surface area contributed by atoms with Crippen LogP contribution in [0.3, 0.4) is 0 Å². The molecule has 19 heavy (non-hydrogen) atoms. The predicted molar refractivity (Wildman–Crippen MR) is 69.6 cm³/mol. The average Bonchev–Trinajstić information content (AvgIpc) is 2.70. The van der Waals surface area contributed by atoms with Gasteiger partial charge in [-0.2, -0.15) is 5.10 Å². The van der Waals surface area contributed by atoms with Gasteiger partial charge in [-0.1, -0.05) is 13.0 Å². The number of hydrogen-bond donors (Lipinski definition) is 1. The zero-order chi connectivity index (χ0) is 14.0. The first-order valence-corrected chi connectivity index (χ1v) is 6.10. The number of aromatic carboxylic acids is 1. The summed E-state index contributed by atoms with van der Waals surface area (Å²) in [5, 5.41) is 13.5. The van der Waals surface area contributed by atoms with E-state index in [2.05, 4.69) is 5.10 Å². The number of nitrogens with zero attached hydrogens (tertiary/aromatic N) is 2. The molecule has 100 valence electrons. The third-order valence-electron chi connectivity index (χ3n) is 2.90. The van der Waals surface area contributed by atoms with E-state index in [0.29, 0.717) is 5.56 Å². The van der Waals surface area contributed by atoms with Crippen LogP contribution in [0.15, 0.2) is 24.4 Å². The van der Waals surface area contributed by atoms with Crippen LogP contribution in [0.25, 0.3) is 11.1 Å². The summed E-state index contributed by atoms with van der Waals surface area (Å²) >= 11 is 0. The van der Waals surface area contributed by atoms with Crippen molar-refractivity contribution in [3.05, 3.63) is 41.5 Å². The second kappa shape index (κ2) is 5.22. The summed E-state index contributed by atoms with van der Waals surface area (Å²) in [6, 6.07) is 3.78. The van der Waals surface area contributed by atoms with Crippen LogP contribution in [0.2, 0.25) is 0 Å². The molecule has 2 aromatic rings. The first kappa shape index (κ1) is 13.3. The van der Waals surface area contributed by atoms with Gasteiger partial charge in [0.2, 0.25) is 0 Å². The molecule has 0 unspecified atom stereocenters. The van der Waals surface area contributed by atoms with E-state index in [-0.39, 0.29) is 5.56 Å². The second-order valence-corrected chi connectivity index (χ2v) is 4.39. The van der Waals surface area contributed by atoms with Crippen molar-refractivity contribution in [3.63, 3.8) is 0 Å². The van der Waals surface area contributed by atoms with Crippen LogP contribution < -0.4 is 0 Å². The molecular formula is C14H15FN2O2. The third kappa shape index (κ3) is 2.65. The highest BCUT2D eigenvalue weighted by Crippen LogP contribution is 2.27. The first-order valence-electron chi connectivity index (χ1n) is 6.10. The van der Waals surface area contributed by atoms with Crippen molar-refractivity contribution in [3.8, 4) is 11.1 Å². The lowest BCUT2D eigenvalue weighted by atomic mass is 10.0. The molecule has 0 bridgehead atoms. The Morgan fingerprint density at radius 2 is 2.16 bits per heavy atom. The molecule has 0 aliphatic carbocycles. The number of aromatic nitrogens is 2. The van der Waals surface area contributed by atoms with E-state index in [0.717, 1.165) is 30.3 Å². The molecule has 1 N–H and O–H groups in total. The number of carboxylic acids is 1. The summed E-state index contributed by atoms with van der Waals surface area (Å²) in [7, 11) is 0. The van der Waals surface area contributed by atoms with Gasteiger partial charge in [0, 0.05) is 18.3 Å². The van der Waals surface area contributed by atoms with E-state index in [1.54, 1.807) is 10.9 Å². The number of benzene rings is 1. The van der Waals surface area contributed by atoms with Gasteiger partial charge >= 0.3 is 5.97 Å². The lowest BCUT2D eigenvalue weighted by molar-refractivity contribution is 0.0697. The van der Waals surface area contributed by atoms with Gasteiger partial charge in [0.1, 0.15) is 5.82 Å². The van der Waals surface area contributed by atoms with Crippen molar-refractivity contribution in [1.82, 2.24) is 9.78 Å². The van der Waals surface area contributed by atoms with Crippen LogP contribution in [-0.2, 0) is 6.54 Å². The molecule has 0 aliphatic heterocycles. The molecular weight excluding hydrogens is 247 g/mol. The number of aryl methyl sites for hydroxylation is 2. The molecule has 5 heteroatoms. The van der Waals surface area contributed by atoms with Crippen LogP contribution in [0, 0.1) is 12.7 Å². The van der Waals surface area contributed by atoms with Gasteiger partial charge < -0.3 is 5.11 Å². The van der Waals surface area contributed by atoms with E-state index >= 15 is 0 Å². The molecule has 0 radical (unpaired) electrons. The number of hydrogen-bond acceptors (Lipinski definition) is 2. The van der Waals surface area contributed by atoms with Gasteiger partial charge in [-0.05, 0) is 31.0 Å². The minimum absolute atomic E-state index is 0.0425. The Labute approximate surface area is 110 Å². The maximum absolute atomic E-state index is 13.2. The van der Waals surface area contributed by atoms with Crippen LogP contribution in [0.5, 0.6) is 0 Å². The van der Waals surface area contributed by atoms with Crippen LogP contribution >= 0.6 is 0 Å². The molecule has 1 aromatic heterocycles.